The van der Waals surface area contributed by atoms with Crippen molar-refractivity contribution < 1.29 is 8.42 Å². The zero-order valence-electron chi connectivity index (χ0n) is 15.9. The Bertz CT molecular complexity index is 1260. The SMILES string of the molecule is CC[C@H](C)Nc1nc2c(S(=O)(=O)c3ccc(C)cc3)nnn2c2ccccc12. The van der Waals surface area contributed by atoms with Gasteiger partial charge in [0, 0.05) is 11.4 Å². The van der Waals surface area contributed by atoms with E-state index in [4.69, 9.17) is 0 Å². The van der Waals surface area contributed by atoms with E-state index in [1.54, 1.807) is 24.3 Å². The summed E-state index contributed by atoms with van der Waals surface area (Å²) in [6.45, 7) is 6.04. The van der Waals surface area contributed by atoms with E-state index in [9.17, 15) is 8.42 Å². The summed E-state index contributed by atoms with van der Waals surface area (Å²) < 4.78 is 27.8. The van der Waals surface area contributed by atoms with E-state index in [0.717, 1.165) is 22.9 Å². The van der Waals surface area contributed by atoms with Gasteiger partial charge in [-0.2, -0.15) is 4.52 Å². The molecule has 1 N–H and O–H groups in total. The van der Waals surface area contributed by atoms with Crippen LogP contribution in [0.15, 0.2) is 58.5 Å². The molecular formula is C20H21N5O2S. The first kappa shape index (κ1) is 18.4. The lowest BCUT2D eigenvalue weighted by molar-refractivity contribution is 0.592. The Morgan fingerprint density at radius 3 is 2.54 bits per heavy atom. The summed E-state index contributed by atoms with van der Waals surface area (Å²) in [4.78, 5) is 4.78. The van der Waals surface area contributed by atoms with E-state index < -0.39 is 9.84 Å². The molecule has 0 aliphatic heterocycles. The van der Waals surface area contributed by atoms with Crippen LogP contribution in [0.2, 0.25) is 0 Å². The van der Waals surface area contributed by atoms with Crippen LogP contribution >= 0.6 is 0 Å². The van der Waals surface area contributed by atoms with Crippen molar-refractivity contribution in [2.24, 2.45) is 0 Å². The van der Waals surface area contributed by atoms with Gasteiger partial charge in [-0.05, 0) is 44.5 Å². The Kier molecular flexibility index (Phi) is 4.50. The first-order chi connectivity index (χ1) is 13.4. The number of aryl methyl sites for hydroxylation is 1. The van der Waals surface area contributed by atoms with Gasteiger partial charge in [-0.1, -0.05) is 42.0 Å². The van der Waals surface area contributed by atoms with E-state index in [0.29, 0.717) is 5.82 Å². The summed E-state index contributed by atoms with van der Waals surface area (Å²) >= 11 is 0. The van der Waals surface area contributed by atoms with Crippen LogP contribution in [0.1, 0.15) is 25.8 Å². The number of anilines is 1. The molecule has 28 heavy (non-hydrogen) atoms. The molecule has 2 aromatic carbocycles. The van der Waals surface area contributed by atoms with Crippen molar-refractivity contribution >= 4 is 32.2 Å². The van der Waals surface area contributed by atoms with Crippen molar-refractivity contribution in [3.05, 3.63) is 54.1 Å². The number of hydrogen-bond donors (Lipinski definition) is 1. The number of hydrogen-bond acceptors (Lipinski definition) is 6. The van der Waals surface area contributed by atoms with Crippen LogP contribution < -0.4 is 5.32 Å². The second-order valence-corrected chi connectivity index (χ2v) is 8.74. The average molecular weight is 395 g/mol. The van der Waals surface area contributed by atoms with Crippen molar-refractivity contribution in [3.63, 3.8) is 0 Å². The van der Waals surface area contributed by atoms with Crippen LogP contribution in [0, 0.1) is 6.92 Å². The second-order valence-electron chi connectivity index (χ2n) is 6.88. The molecule has 0 fully saturated rings. The van der Waals surface area contributed by atoms with E-state index >= 15 is 0 Å². The summed E-state index contributed by atoms with van der Waals surface area (Å²) in [5, 5.41) is 12.2. The zero-order chi connectivity index (χ0) is 19.9. The lowest BCUT2D eigenvalue weighted by atomic mass is 10.2. The van der Waals surface area contributed by atoms with E-state index in [1.165, 1.54) is 4.52 Å². The predicted molar refractivity (Wildman–Crippen MR) is 108 cm³/mol. The molecule has 0 amide bonds. The largest absolute Gasteiger partial charge is 0.367 e. The zero-order valence-corrected chi connectivity index (χ0v) is 16.7. The number of benzene rings is 2. The molecule has 8 heteroatoms. The van der Waals surface area contributed by atoms with Crippen molar-refractivity contribution in [1.82, 2.24) is 19.8 Å². The van der Waals surface area contributed by atoms with E-state index in [-0.39, 0.29) is 21.6 Å². The number of fused-ring (bicyclic) bond motifs is 3. The lowest BCUT2D eigenvalue weighted by Crippen LogP contribution is -2.15. The minimum atomic E-state index is -3.84. The van der Waals surface area contributed by atoms with Gasteiger partial charge >= 0.3 is 0 Å². The fourth-order valence-electron chi connectivity index (χ4n) is 2.99. The third-order valence-corrected chi connectivity index (χ3v) is 6.47. The number of rotatable bonds is 5. The molecular weight excluding hydrogens is 374 g/mol. The first-order valence-corrected chi connectivity index (χ1v) is 10.6. The van der Waals surface area contributed by atoms with Gasteiger partial charge in [0.1, 0.15) is 5.82 Å². The molecule has 0 saturated heterocycles. The van der Waals surface area contributed by atoms with E-state index in [1.807, 2.05) is 31.2 Å². The maximum Gasteiger partial charge on any atom is 0.229 e. The third-order valence-electron chi connectivity index (χ3n) is 4.80. The van der Waals surface area contributed by atoms with Crippen LogP contribution in [0.4, 0.5) is 5.82 Å². The molecule has 0 bridgehead atoms. The molecule has 0 spiro atoms. The van der Waals surface area contributed by atoms with Gasteiger partial charge in [0.25, 0.3) is 0 Å². The Morgan fingerprint density at radius 2 is 1.82 bits per heavy atom. The van der Waals surface area contributed by atoms with Gasteiger partial charge in [-0.15, -0.1) is 5.10 Å². The lowest BCUT2D eigenvalue weighted by Gasteiger charge is -2.14. The maximum absolute atomic E-state index is 13.2. The number of para-hydroxylation sites is 1. The molecule has 1 atom stereocenters. The normalized spacial score (nSPS) is 13.1. The number of nitrogens with one attached hydrogen (secondary N) is 1. The van der Waals surface area contributed by atoms with E-state index in [2.05, 4.69) is 34.5 Å². The molecule has 0 unspecified atom stereocenters. The smallest absolute Gasteiger partial charge is 0.229 e. The Morgan fingerprint density at radius 1 is 1.11 bits per heavy atom. The van der Waals surface area contributed by atoms with Gasteiger partial charge < -0.3 is 5.32 Å². The molecule has 0 aliphatic carbocycles. The third kappa shape index (κ3) is 2.99. The quantitative estimate of drug-likeness (QED) is 0.555. The highest BCUT2D eigenvalue weighted by molar-refractivity contribution is 7.91. The van der Waals surface area contributed by atoms with Crippen LogP contribution in [0.25, 0.3) is 16.6 Å². The Labute approximate surface area is 163 Å². The van der Waals surface area contributed by atoms with Crippen molar-refractivity contribution in [2.75, 3.05) is 5.32 Å². The monoisotopic (exact) mass is 395 g/mol. The van der Waals surface area contributed by atoms with Crippen molar-refractivity contribution in [3.8, 4) is 0 Å². The summed E-state index contributed by atoms with van der Waals surface area (Å²) in [6.07, 6.45) is 0.910. The summed E-state index contributed by atoms with van der Waals surface area (Å²) in [5.74, 6) is 0.625. The summed E-state index contributed by atoms with van der Waals surface area (Å²) in [6, 6.07) is 14.5. The van der Waals surface area contributed by atoms with Crippen molar-refractivity contribution in [1.29, 1.82) is 0 Å². The summed E-state index contributed by atoms with van der Waals surface area (Å²) in [7, 11) is -3.84. The number of nitrogens with zero attached hydrogens (tertiary/aromatic N) is 4. The van der Waals surface area contributed by atoms with Crippen LogP contribution in [-0.4, -0.2) is 34.3 Å². The molecule has 4 rings (SSSR count). The standard InChI is InChI=1S/C20H21N5O2S/c1-4-14(3)21-18-16-7-5-6-8-17(16)25-19(22-18)20(23-24-25)28(26,27)15-11-9-13(2)10-12-15/h5-12,14H,4H2,1-3H3,(H,21,22)/t14-/m0/s1. The first-order valence-electron chi connectivity index (χ1n) is 9.14. The molecule has 7 nitrogen and oxygen atoms in total. The van der Waals surface area contributed by atoms with Gasteiger partial charge in [0.15, 0.2) is 5.65 Å². The maximum atomic E-state index is 13.2. The number of sulfone groups is 1. The Hall–Kier alpha value is -3.00. The topological polar surface area (TPSA) is 89.2 Å². The molecule has 4 aromatic rings. The van der Waals surface area contributed by atoms with Gasteiger partial charge in [-0.25, -0.2) is 13.4 Å². The summed E-state index contributed by atoms with van der Waals surface area (Å²) in [5.41, 5.74) is 1.94. The van der Waals surface area contributed by atoms with Crippen LogP contribution in [0.3, 0.4) is 0 Å². The predicted octanol–water partition coefficient (Wildman–Crippen LogP) is 3.63. The molecule has 0 aliphatic rings. The number of aromatic nitrogens is 4. The molecule has 2 heterocycles. The molecule has 0 saturated carbocycles. The molecule has 144 valence electrons. The average Bonchev–Trinajstić information content (AvgIpc) is 3.13. The van der Waals surface area contributed by atoms with Crippen molar-refractivity contribution in [2.45, 2.75) is 43.2 Å². The molecule has 2 aromatic heterocycles. The van der Waals surface area contributed by atoms with Gasteiger partial charge in [0.05, 0.1) is 10.4 Å². The Balaban J connectivity index is 1.97. The minimum absolute atomic E-state index is 0.144. The highest BCUT2D eigenvalue weighted by Gasteiger charge is 2.27. The highest BCUT2D eigenvalue weighted by atomic mass is 32.2. The van der Waals surface area contributed by atoms with Crippen LogP contribution in [-0.2, 0) is 9.84 Å². The highest BCUT2D eigenvalue weighted by Crippen LogP contribution is 2.28. The fraction of sp³-hybridized carbons (Fsp3) is 0.250. The fourth-order valence-corrected chi connectivity index (χ4v) is 4.23. The second kappa shape index (κ2) is 6.87. The minimum Gasteiger partial charge on any atom is -0.367 e. The molecule has 0 radical (unpaired) electrons. The van der Waals surface area contributed by atoms with Crippen LogP contribution in [0.5, 0.6) is 0 Å². The van der Waals surface area contributed by atoms with Gasteiger partial charge in [-0.3, -0.25) is 0 Å². The van der Waals surface area contributed by atoms with Gasteiger partial charge in [0.2, 0.25) is 14.9 Å².